The van der Waals surface area contributed by atoms with Gasteiger partial charge >= 0.3 is 0 Å². The van der Waals surface area contributed by atoms with Gasteiger partial charge in [0.25, 0.3) is 0 Å². The van der Waals surface area contributed by atoms with Gasteiger partial charge < -0.3 is 5.73 Å². The Labute approximate surface area is 96.6 Å². The van der Waals surface area contributed by atoms with Crippen LogP contribution in [0, 0.1) is 10.5 Å². The molecule has 0 saturated carbocycles. The summed E-state index contributed by atoms with van der Waals surface area (Å²) in [6, 6.07) is 0. The van der Waals surface area contributed by atoms with Crippen molar-refractivity contribution in [3.63, 3.8) is 0 Å². The van der Waals surface area contributed by atoms with Gasteiger partial charge in [-0.1, -0.05) is 0 Å². The summed E-state index contributed by atoms with van der Waals surface area (Å²) >= 11 is 4.09. The molecule has 0 saturated heterocycles. The number of nitrogen functional groups attached to an aromatic ring is 1. The molecule has 0 spiro atoms. The van der Waals surface area contributed by atoms with E-state index in [2.05, 4.69) is 33.9 Å². The van der Waals surface area contributed by atoms with Crippen molar-refractivity contribution >= 4 is 40.2 Å². The van der Waals surface area contributed by atoms with Gasteiger partial charge in [0, 0.05) is 6.54 Å². The highest BCUT2D eigenvalue weighted by atomic mass is 127. The first kappa shape index (κ1) is 11.2. The Hall–Kier alpha value is 0.0900. The number of aromatic nitrogens is 2. The molecule has 2 N–H and O–H groups in total. The summed E-state index contributed by atoms with van der Waals surface area (Å²) in [6.45, 7) is 2.92. The molecule has 0 aliphatic carbocycles. The molecule has 0 amide bonds. The highest BCUT2D eigenvalue weighted by Gasteiger charge is 2.08. The average molecular weight is 311 g/mol. The summed E-state index contributed by atoms with van der Waals surface area (Å²) in [4.78, 5) is 0. The average Bonchev–Trinajstić information content (AvgIpc) is 2.34. The maximum atomic E-state index is 5.87. The zero-order valence-electron chi connectivity index (χ0n) is 7.88. The number of anilines is 1. The molecule has 0 aliphatic rings. The Kier molecular flexibility index (Phi) is 4.37. The third-order valence-electron chi connectivity index (χ3n) is 1.81. The van der Waals surface area contributed by atoms with Crippen LogP contribution in [0.15, 0.2) is 0 Å². The Balaban J connectivity index is 2.61. The molecule has 13 heavy (non-hydrogen) atoms. The summed E-state index contributed by atoms with van der Waals surface area (Å²) < 4.78 is 2.98. The van der Waals surface area contributed by atoms with Crippen molar-refractivity contribution in [1.29, 1.82) is 0 Å². The second kappa shape index (κ2) is 5.09. The molecule has 0 unspecified atom stereocenters. The van der Waals surface area contributed by atoms with E-state index < -0.39 is 0 Å². The number of nitrogens with two attached hydrogens (primary N) is 1. The number of nitrogens with zero attached hydrogens (tertiary/aromatic N) is 2. The smallest absolute Gasteiger partial charge is 0.135 e. The minimum absolute atomic E-state index is 0.805. The van der Waals surface area contributed by atoms with Crippen molar-refractivity contribution < 1.29 is 0 Å². The van der Waals surface area contributed by atoms with Crippen molar-refractivity contribution in [3.05, 3.63) is 9.26 Å². The van der Waals surface area contributed by atoms with Crippen LogP contribution in [0.2, 0.25) is 0 Å². The molecule has 0 aliphatic heterocycles. The lowest BCUT2D eigenvalue weighted by Gasteiger charge is -2.02. The first-order valence-electron chi connectivity index (χ1n) is 4.14. The molecule has 0 bridgehead atoms. The highest BCUT2D eigenvalue weighted by Crippen LogP contribution is 2.18. The SMILES string of the molecule is CSCCCn1nc(C)c(I)c1N. The maximum absolute atomic E-state index is 5.87. The minimum Gasteiger partial charge on any atom is -0.383 e. The van der Waals surface area contributed by atoms with Gasteiger partial charge in [-0.25, -0.2) is 4.68 Å². The van der Waals surface area contributed by atoms with Crippen LogP contribution >= 0.6 is 34.4 Å². The van der Waals surface area contributed by atoms with Gasteiger partial charge in [0.1, 0.15) is 5.82 Å². The number of hydrogen-bond acceptors (Lipinski definition) is 3. The summed E-state index contributed by atoms with van der Waals surface area (Å²) in [5.74, 6) is 1.97. The number of halogens is 1. The van der Waals surface area contributed by atoms with Crippen LogP contribution < -0.4 is 5.73 Å². The van der Waals surface area contributed by atoms with Crippen molar-refractivity contribution in [2.24, 2.45) is 0 Å². The fourth-order valence-corrected chi connectivity index (χ4v) is 1.91. The molecule has 1 aromatic rings. The largest absolute Gasteiger partial charge is 0.383 e. The second-order valence-corrected chi connectivity index (χ2v) is 4.92. The van der Waals surface area contributed by atoms with Crippen LogP contribution in [-0.2, 0) is 6.54 Å². The first-order chi connectivity index (χ1) is 6.16. The lowest BCUT2D eigenvalue weighted by atomic mass is 10.4. The van der Waals surface area contributed by atoms with E-state index in [1.165, 1.54) is 0 Å². The van der Waals surface area contributed by atoms with E-state index in [0.717, 1.165) is 33.8 Å². The van der Waals surface area contributed by atoms with Gasteiger partial charge in [-0.3, -0.25) is 0 Å². The summed E-state index contributed by atoms with van der Waals surface area (Å²) in [6.07, 6.45) is 3.24. The predicted molar refractivity (Wildman–Crippen MR) is 67.1 cm³/mol. The topological polar surface area (TPSA) is 43.8 Å². The summed E-state index contributed by atoms with van der Waals surface area (Å²) in [5, 5.41) is 4.36. The second-order valence-electron chi connectivity index (χ2n) is 2.85. The molecule has 1 aromatic heterocycles. The van der Waals surface area contributed by atoms with E-state index in [0.29, 0.717) is 0 Å². The maximum Gasteiger partial charge on any atom is 0.135 e. The van der Waals surface area contributed by atoms with Crippen molar-refractivity contribution in [1.82, 2.24) is 9.78 Å². The zero-order valence-corrected chi connectivity index (χ0v) is 10.9. The van der Waals surface area contributed by atoms with Crippen molar-refractivity contribution in [2.75, 3.05) is 17.7 Å². The van der Waals surface area contributed by atoms with Crippen molar-refractivity contribution in [3.8, 4) is 0 Å². The fourth-order valence-electron chi connectivity index (χ4n) is 1.11. The lowest BCUT2D eigenvalue weighted by molar-refractivity contribution is 0.610. The van der Waals surface area contributed by atoms with Gasteiger partial charge in [-0.2, -0.15) is 16.9 Å². The highest BCUT2D eigenvalue weighted by molar-refractivity contribution is 14.1. The van der Waals surface area contributed by atoms with Gasteiger partial charge in [-0.15, -0.1) is 0 Å². The van der Waals surface area contributed by atoms with E-state index in [1.54, 1.807) is 0 Å². The molecule has 1 heterocycles. The minimum atomic E-state index is 0.805. The van der Waals surface area contributed by atoms with Gasteiger partial charge in [0.15, 0.2) is 0 Å². The Morgan fingerprint density at radius 3 is 2.77 bits per heavy atom. The molecule has 74 valence electrons. The third kappa shape index (κ3) is 2.77. The van der Waals surface area contributed by atoms with Crippen LogP contribution in [0.5, 0.6) is 0 Å². The Morgan fingerprint density at radius 1 is 1.62 bits per heavy atom. The molecule has 0 radical (unpaired) electrons. The van der Waals surface area contributed by atoms with E-state index in [-0.39, 0.29) is 0 Å². The lowest BCUT2D eigenvalue weighted by Crippen LogP contribution is -2.05. The first-order valence-corrected chi connectivity index (χ1v) is 6.61. The van der Waals surface area contributed by atoms with E-state index in [1.807, 2.05) is 23.4 Å². The fraction of sp³-hybridized carbons (Fsp3) is 0.625. The van der Waals surface area contributed by atoms with Gasteiger partial charge in [0.05, 0.1) is 9.26 Å². The van der Waals surface area contributed by atoms with Crippen LogP contribution in [-0.4, -0.2) is 21.8 Å². The molecule has 3 nitrogen and oxygen atoms in total. The van der Waals surface area contributed by atoms with Gasteiger partial charge in [-0.05, 0) is 47.9 Å². The number of aryl methyl sites for hydroxylation is 2. The van der Waals surface area contributed by atoms with Crippen LogP contribution in [0.4, 0.5) is 5.82 Å². The van der Waals surface area contributed by atoms with E-state index >= 15 is 0 Å². The molecular formula is C8H14IN3S. The number of rotatable bonds is 4. The van der Waals surface area contributed by atoms with E-state index in [9.17, 15) is 0 Å². The molecule has 1 rings (SSSR count). The summed E-state index contributed by atoms with van der Waals surface area (Å²) in [5.41, 5.74) is 6.90. The molecule has 0 aromatic carbocycles. The standard InChI is InChI=1S/C8H14IN3S/c1-6-7(9)8(10)12(11-6)4-3-5-13-2/h3-5,10H2,1-2H3. The molecule has 0 atom stereocenters. The van der Waals surface area contributed by atoms with Crippen LogP contribution in [0.25, 0.3) is 0 Å². The molecule has 0 fully saturated rings. The van der Waals surface area contributed by atoms with Gasteiger partial charge in [0.2, 0.25) is 0 Å². The zero-order chi connectivity index (χ0) is 9.84. The Morgan fingerprint density at radius 2 is 2.31 bits per heavy atom. The number of hydrogen-bond donors (Lipinski definition) is 1. The molecule has 5 heteroatoms. The summed E-state index contributed by atoms with van der Waals surface area (Å²) in [7, 11) is 0. The predicted octanol–water partition coefficient (Wildman–Crippen LogP) is 2.13. The van der Waals surface area contributed by atoms with Crippen LogP contribution in [0.3, 0.4) is 0 Å². The quantitative estimate of drug-likeness (QED) is 0.684. The monoisotopic (exact) mass is 311 g/mol. The van der Waals surface area contributed by atoms with Crippen LogP contribution in [0.1, 0.15) is 12.1 Å². The van der Waals surface area contributed by atoms with Crippen molar-refractivity contribution in [2.45, 2.75) is 19.9 Å². The van der Waals surface area contributed by atoms with E-state index in [4.69, 9.17) is 5.73 Å². The third-order valence-corrected chi connectivity index (χ3v) is 3.84. The molecular weight excluding hydrogens is 297 g/mol. The Bertz CT molecular complexity index is 285. The number of thioether (sulfide) groups is 1. The normalized spacial score (nSPS) is 10.7.